The molecule has 0 radical (unpaired) electrons. The predicted octanol–water partition coefficient (Wildman–Crippen LogP) is 2.46. The van der Waals surface area contributed by atoms with E-state index in [1.54, 1.807) is 30.3 Å². The molecule has 32 heavy (non-hydrogen) atoms. The Labute approximate surface area is 186 Å². The van der Waals surface area contributed by atoms with E-state index in [9.17, 15) is 22.8 Å². The minimum atomic E-state index is -3.84. The molecule has 2 aromatic rings. The quantitative estimate of drug-likeness (QED) is 0.528. The van der Waals surface area contributed by atoms with E-state index in [1.165, 1.54) is 12.1 Å². The number of benzene rings is 2. The average Bonchev–Trinajstić information content (AvgIpc) is 3.28. The van der Waals surface area contributed by atoms with Crippen LogP contribution >= 0.6 is 0 Å². The van der Waals surface area contributed by atoms with Gasteiger partial charge in [0.2, 0.25) is 15.9 Å². The fourth-order valence-electron chi connectivity index (χ4n) is 3.98. The number of Topliss-reactive ketones (excluding diaryl/α,β-unsaturated/α-hetero) is 1. The highest BCUT2D eigenvalue weighted by atomic mass is 32.2. The lowest BCUT2D eigenvalue weighted by Gasteiger charge is -2.22. The first-order valence-corrected chi connectivity index (χ1v) is 11.9. The van der Waals surface area contributed by atoms with Gasteiger partial charge in [-0.25, -0.2) is 8.42 Å². The second kappa shape index (κ2) is 8.84. The monoisotopic (exact) mass is 456 g/mol. The Morgan fingerprint density at radius 3 is 2.62 bits per heavy atom. The maximum atomic E-state index is 13.0. The van der Waals surface area contributed by atoms with Crippen LogP contribution in [0.5, 0.6) is 0 Å². The molecule has 2 aliphatic heterocycles. The van der Waals surface area contributed by atoms with Crippen molar-refractivity contribution in [2.24, 2.45) is 0 Å². The molecule has 0 aromatic heterocycles. The summed E-state index contributed by atoms with van der Waals surface area (Å²) in [6.45, 7) is 1.61. The van der Waals surface area contributed by atoms with Crippen molar-refractivity contribution in [2.75, 3.05) is 18.5 Å². The van der Waals surface area contributed by atoms with Crippen LogP contribution in [0.3, 0.4) is 0 Å². The molecule has 2 aromatic carbocycles. The number of sulfonamides is 1. The molecule has 1 N–H and O–H groups in total. The number of fused-ring (bicyclic) bond motifs is 1. The van der Waals surface area contributed by atoms with E-state index in [2.05, 4.69) is 5.32 Å². The number of nitrogens with one attached hydrogen (secondary N) is 1. The van der Waals surface area contributed by atoms with E-state index >= 15 is 0 Å². The van der Waals surface area contributed by atoms with E-state index in [4.69, 9.17) is 4.74 Å². The summed E-state index contributed by atoms with van der Waals surface area (Å²) in [5.74, 6) is -1.17. The number of anilines is 1. The lowest BCUT2D eigenvalue weighted by atomic mass is 9.99. The zero-order chi connectivity index (χ0) is 22.9. The number of amides is 1. The highest BCUT2D eigenvalue weighted by Crippen LogP contribution is 2.27. The SMILES string of the molecule is Cc1ccc(S(=O)(=O)N2CCCC2C(=O)OCC(=O)c2ccc3c(c2)CCC(=O)N3)cc1. The van der Waals surface area contributed by atoms with Crippen molar-refractivity contribution >= 4 is 33.4 Å². The number of aryl methyl sites for hydroxylation is 2. The molecule has 9 heteroatoms. The second-order valence-corrected chi connectivity index (χ2v) is 9.93. The Balaban J connectivity index is 1.41. The number of nitrogens with zero attached hydrogens (tertiary/aromatic N) is 1. The summed E-state index contributed by atoms with van der Waals surface area (Å²) in [6.07, 6.45) is 1.77. The Hall–Kier alpha value is -3.04. The molecule has 1 atom stereocenters. The number of hydrogen-bond donors (Lipinski definition) is 1. The van der Waals surface area contributed by atoms with E-state index in [0.29, 0.717) is 36.9 Å². The summed E-state index contributed by atoms with van der Waals surface area (Å²) in [4.78, 5) is 36.8. The zero-order valence-corrected chi connectivity index (χ0v) is 18.5. The van der Waals surface area contributed by atoms with Crippen LogP contribution in [0.2, 0.25) is 0 Å². The summed E-state index contributed by atoms with van der Waals surface area (Å²) in [6, 6.07) is 10.4. The van der Waals surface area contributed by atoms with Gasteiger partial charge >= 0.3 is 5.97 Å². The smallest absolute Gasteiger partial charge is 0.324 e. The number of carbonyl (C=O) groups is 3. The highest BCUT2D eigenvalue weighted by Gasteiger charge is 2.40. The fourth-order valence-corrected chi connectivity index (χ4v) is 5.63. The summed E-state index contributed by atoms with van der Waals surface area (Å²) in [7, 11) is -3.84. The topological polar surface area (TPSA) is 110 Å². The van der Waals surface area contributed by atoms with Crippen molar-refractivity contribution in [3.05, 3.63) is 59.2 Å². The van der Waals surface area contributed by atoms with Crippen LogP contribution in [0, 0.1) is 6.92 Å². The van der Waals surface area contributed by atoms with Gasteiger partial charge < -0.3 is 10.1 Å². The van der Waals surface area contributed by atoms with Crippen LogP contribution in [0.15, 0.2) is 47.4 Å². The number of esters is 1. The van der Waals surface area contributed by atoms with Crippen LogP contribution < -0.4 is 5.32 Å². The lowest BCUT2D eigenvalue weighted by Crippen LogP contribution is -2.41. The molecular weight excluding hydrogens is 432 g/mol. The molecule has 2 heterocycles. The van der Waals surface area contributed by atoms with E-state index in [0.717, 1.165) is 15.4 Å². The molecular formula is C23H24N2O6S. The van der Waals surface area contributed by atoms with Gasteiger partial charge in [0.25, 0.3) is 0 Å². The van der Waals surface area contributed by atoms with Crippen molar-refractivity contribution in [3.8, 4) is 0 Å². The standard InChI is InChI=1S/C23H24N2O6S/c1-15-4-8-18(9-5-15)32(29,30)25-12-2-3-20(25)23(28)31-14-21(26)17-6-10-19-16(13-17)7-11-22(27)24-19/h4-6,8-10,13,20H,2-3,7,11-12,14H2,1H3,(H,24,27). The molecule has 1 unspecified atom stereocenters. The first kappa shape index (κ1) is 22.2. The van der Waals surface area contributed by atoms with Gasteiger partial charge in [0.1, 0.15) is 6.04 Å². The largest absolute Gasteiger partial charge is 0.456 e. The maximum Gasteiger partial charge on any atom is 0.324 e. The van der Waals surface area contributed by atoms with Crippen LogP contribution in [0.4, 0.5) is 5.69 Å². The highest BCUT2D eigenvalue weighted by molar-refractivity contribution is 7.89. The number of rotatable bonds is 6. The van der Waals surface area contributed by atoms with Gasteiger partial charge in [0, 0.05) is 24.2 Å². The van der Waals surface area contributed by atoms with E-state index in [1.807, 2.05) is 6.92 Å². The van der Waals surface area contributed by atoms with Gasteiger partial charge in [-0.15, -0.1) is 0 Å². The molecule has 0 bridgehead atoms. The van der Waals surface area contributed by atoms with Gasteiger partial charge in [-0.2, -0.15) is 4.31 Å². The van der Waals surface area contributed by atoms with E-state index in [-0.39, 0.29) is 23.1 Å². The normalized spacial score (nSPS) is 18.7. The van der Waals surface area contributed by atoms with Crippen molar-refractivity contribution in [1.29, 1.82) is 0 Å². The molecule has 2 aliphatic rings. The third kappa shape index (κ3) is 4.44. The number of hydrogen-bond acceptors (Lipinski definition) is 6. The number of ether oxygens (including phenoxy) is 1. The third-order valence-electron chi connectivity index (χ3n) is 5.77. The minimum absolute atomic E-state index is 0.0628. The molecule has 0 saturated carbocycles. The Kier molecular flexibility index (Phi) is 6.12. The summed E-state index contributed by atoms with van der Waals surface area (Å²) < 4.78 is 32.4. The molecule has 0 spiro atoms. The molecule has 0 aliphatic carbocycles. The summed E-state index contributed by atoms with van der Waals surface area (Å²) in [5, 5.41) is 2.75. The average molecular weight is 457 g/mol. The van der Waals surface area contributed by atoms with Crippen LogP contribution in [-0.4, -0.2) is 49.6 Å². The first-order chi connectivity index (χ1) is 15.3. The summed E-state index contributed by atoms with van der Waals surface area (Å²) >= 11 is 0. The third-order valence-corrected chi connectivity index (χ3v) is 7.69. The van der Waals surface area contributed by atoms with Crippen LogP contribution in [0.25, 0.3) is 0 Å². The molecule has 1 fully saturated rings. The van der Waals surface area contributed by atoms with Crippen LogP contribution in [-0.2, 0) is 30.8 Å². The van der Waals surface area contributed by atoms with Crippen LogP contribution in [0.1, 0.15) is 40.7 Å². The Morgan fingerprint density at radius 2 is 1.88 bits per heavy atom. The second-order valence-electron chi connectivity index (χ2n) is 8.04. The molecule has 168 valence electrons. The fraction of sp³-hybridized carbons (Fsp3) is 0.348. The van der Waals surface area contributed by atoms with Crippen molar-refractivity contribution in [2.45, 2.75) is 43.5 Å². The zero-order valence-electron chi connectivity index (χ0n) is 17.7. The molecule has 4 rings (SSSR count). The molecule has 8 nitrogen and oxygen atoms in total. The van der Waals surface area contributed by atoms with Gasteiger partial charge in [-0.1, -0.05) is 17.7 Å². The first-order valence-electron chi connectivity index (χ1n) is 10.5. The predicted molar refractivity (Wildman–Crippen MR) is 117 cm³/mol. The van der Waals surface area contributed by atoms with Crippen molar-refractivity contribution < 1.29 is 27.5 Å². The Morgan fingerprint density at radius 1 is 1.12 bits per heavy atom. The lowest BCUT2D eigenvalue weighted by molar-refractivity contribution is -0.146. The number of carbonyl (C=O) groups excluding carboxylic acids is 3. The van der Waals surface area contributed by atoms with Crippen molar-refractivity contribution in [1.82, 2.24) is 4.31 Å². The minimum Gasteiger partial charge on any atom is -0.456 e. The van der Waals surface area contributed by atoms with E-state index < -0.39 is 28.6 Å². The summed E-state index contributed by atoms with van der Waals surface area (Å²) in [5.41, 5.74) is 2.85. The van der Waals surface area contributed by atoms with Gasteiger partial charge in [0.15, 0.2) is 12.4 Å². The Bertz CT molecular complexity index is 1170. The molecule has 1 saturated heterocycles. The van der Waals surface area contributed by atoms with Gasteiger partial charge in [-0.05, 0) is 62.1 Å². The number of ketones is 1. The van der Waals surface area contributed by atoms with Gasteiger partial charge in [0.05, 0.1) is 4.90 Å². The van der Waals surface area contributed by atoms with Gasteiger partial charge in [-0.3, -0.25) is 14.4 Å². The maximum absolute atomic E-state index is 13.0. The van der Waals surface area contributed by atoms with Crippen molar-refractivity contribution in [3.63, 3.8) is 0 Å². The molecule has 1 amide bonds.